The molecule has 5 heteroatoms. The molecule has 1 saturated heterocycles. The van der Waals surface area contributed by atoms with Crippen LogP contribution >= 0.6 is 0 Å². The minimum Gasteiger partial charge on any atom is -0.497 e. The molecule has 1 fully saturated rings. The van der Waals surface area contributed by atoms with Crippen molar-refractivity contribution >= 4 is 0 Å². The fraction of sp³-hybridized carbons (Fsp3) is 0.526. The van der Waals surface area contributed by atoms with Gasteiger partial charge in [-0.2, -0.15) is 0 Å². The van der Waals surface area contributed by atoms with Crippen LogP contribution in [-0.2, 0) is 11.3 Å². The van der Waals surface area contributed by atoms with Gasteiger partial charge in [-0.15, -0.1) is 0 Å². The molecule has 3 rings (SSSR count). The third-order valence-electron chi connectivity index (χ3n) is 4.69. The molecule has 0 saturated carbocycles. The van der Waals surface area contributed by atoms with Crippen LogP contribution in [0, 0.1) is 6.92 Å². The molecular weight excluding hydrogens is 304 g/mol. The summed E-state index contributed by atoms with van der Waals surface area (Å²) < 4.78 is 16.5. The summed E-state index contributed by atoms with van der Waals surface area (Å²) in [5.74, 6) is 2.39. The molecule has 2 aromatic rings. The first kappa shape index (κ1) is 17.0. The van der Waals surface area contributed by atoms with Crippen LogP contribution in [0.3, 0.4) is 0 Å². The van der Waals surface area contributed by atoms with E-state index in [9.17, 15) is 0 Å². The summed E-state index contributed by atoms with van der Waals surface area (Å²) in [5.41, 5.74) is 1.99. The summed E-state index contributed by atoms with van der Waals surface area (Å²) in [7, 11) is 3.44. The predicted molar refractivity (Wildman–Crippen MR) is 93.2 cm³/mol. The van der Waals surface area contributed by atoms with E-state index in [0.29, 0.717) is 11.9 Å². The van der Waals surface area contributed by atoms with E-state index >= 15 is 0 Å². The molecule has 1 aliphatic heterocycles. The Hall–Kier alpha value is -1.85. The van der Waals surface area contributed by atoms with Crippen LogP contribution in [0.4, 0.5) is 0 Å². The predicted octanol–water partition coefficient (Wildman–Crippen LogP) is 3.66. The number of rotatable bonds is 6. The van der Waals surface area contributed by atoms with Gasteiger partial charge in [0.2, 0.25) is 5.89 Å². The van der Waals surface area contributed by atoms with Crippen LogP contribution in [0.25, 0.3) is 11.5 Å². The Labute approximate surface area is 143 Å². The first-order valence-corrected chi connectivity index (χ1v) is 8.55. The number of aromatic nitrogens is 1. The Morgan fingerprint density at radius 2 is 2.00 bits per heavy atom. The zero-order valence-electron chi connectivity index (χ0n) is 14.7. The number of likely N-dealkylation sites (tertiary alicyclic amines) is 1. The van der Waals surface area contributed by atoms with E-state index in [-0.39, 0.29) is 0 Å². The maximum Gasteiger partial charge on any atom is 0.226 e. The van der Waals surface area contributed by atoms with Crippen LogP contribution in [0.15, 0.2) is 28.7 Å². The van der Waals surface area contributed by atoms with Crippen LogP contribution in [0.1, 0.15) is 30.7 Å². The Balaban J connectivity index is 1.75. The minimum atomic E-state index is 0.476. The van der Waals surface area contributed by atoms with Crippen molar-refractivity contribution in [3.63, 3.8) is 0 Å². The lowest BCUT2D eigenvalue weighted by Crippen LogP contribution is -2.41. The average molecular weight is 330 g/mol. The van der Waals surface area contributed by atoms with Gasteiger partial charge in [0.05, 0.1) is 19.4 Å². The second-order valence-corrected chi connectivity index (χ2v) is 6.33. The summed E-state index contributed by atoms with van der Waals surface area (Å²) in [6.07, 6.45) is 3.71. The van der Waals surface area contributed by atoms with Crippen LogP contribution in [0.5, 0.6) is 5.75 Å². The fourth-order valence-corrected chi connectivity index (χ4v) is 3.27. The molecule has 0 spiro atoms. The molecule has 5 nitrogen and oxygen atoms in total. The molecule has 0 unspecified atom stereocenters. The van der Waals surface area contributed by atoms with Crippen molar-refractivity contribution in [1.29, 1.82) is 0 Å². The summed E-state index contributed by atoms with van der Waals surface area (Å²) in [4.78, 5) is 7.20. The number of nitrogens with zero attached hydrogens (tertiary/aromatic N) is 2. The molecule has 0 radical (unpaired) electrons. The summed E-state index contributed by atoms with van der Waals surface area (Å²) >= 11 is 0. The van der Waals surface area contributed by atoms with Crippen molar-refractivity contribution in [3.8, 4) is 17.2 Å². The summed E-state index contributed by atoms with van der Waals surface area (Å²) in [6.45, 7) is 4.69. The normalized spacial score (nSPS) is 18.7. The van der Waals surface area contributed by atoms with Crippen LogP contribution in [0.2, 0.25) is 0 Å². The van der Waals surface area contributed by atoms with E-state index in [0.717, 1.165) is 42.5 Å². The number of ether oxygens (including phenoxy) is 2. The number of methoxy groups -OCH3 is 2. The SMILES string of the molecule is COC[C@H]1CCCCN1Cc1nc(-c2ccc(OC)cc2)oc1C. The first-order valence-electron chi connectivity index (χ1n) is 8.55. The highest BCUT2D eigenvalue weighted by Gasteiger charge is 2.24. The molecule has 0 amide bonds. The van der Waals surface area contributed by atoms with E-state index in [1.807, 2.05) is 31.2 Å². The summed E-state index contributed by atoms with van der Waals surface area (Å²) in [5, 5.41) is 0. The second kappa shape index (κ2) is 7.81. The van der Waals surface area contributed by atoms with E-state index in [1.54, 1.807) is 14.2 Å². The van der Waals surface area contributed by atoms with Gasteiger partial charge in [0, 0.05) is 25.3 Å². The van der Waals surface area contributed by atoms with Crippen molar-refractivity contribution in [1.82, 2.24) is 9.88 Å². The molecule has 2 heterocycles. The Morgan fingerprint density at radius 1 is 1.21 bits per heavy atom. The lowest BCUT2D eigenvalue weighted by Gasteiger charge is -2.34. The van der Waals surface area contributed by atoms with E-state index < -0.39 is 0 Å². The summed E-state index contributed by atoms with van der Waals surface area (Å²) in [6, 6.07) is 8.27. The van der Waals surface area contributed by atoms with Gasteiger partial charge in [-0.1, -0.05) is 6.42 Å². The average Bonchev–Trinajstić information content (AvgIpc) is 2.98. The van der Waals surface area contributed by atoms with Gasteiger partial charge in [0.15, 0.2) is 0 Å². The van der Waals surface area contributed by atoms with Gasteiger partial charge in [0.25, 0.3) is 0 Å². The Morgan fingerprint density at radius 3 is 2.71 bits per heavy atom. The van der Waals surface area contributed by atoms with Crippen LogP contribution < -0.4 is 4.74 Å². The van der Waals surface area contributed by atoms with Gasteiger partial charge < -0.3 is 13.9 Å². The van der Waals surface area contributed by atoms with Crippen molar-refractivity contribution < 1.29 is 13.9 Å². The van der Waals surface area contributed by atoms with Crippen molar-refractivity contribution in [2.24, 2.45) is 0 Å². The molecule has 1 atom stereocenters. The monoisotopic (exact) mass is 330 g/mol. The van der Waals surface area contributed by atoms with Gasteiger partial charge in [0.1, 0.15) is 11.5 Å². The zero-order valence-corrected chi connectivity index (χ0v) is 14.7. The Kier molecular flexibility index (Phi) is 5.53. The molecule has 0 aliphatic carbocycles. The first-order chi connectivity index (χ1) is 11.7. The highest BCUT2D eigenvalue weighted by Crippen LogP contribution is 2.26. The van der Waals surface area contributed by atoms with E-state index in [4.69, 9.17) is 18.9 Å². The lowest BCUT2D eigenvalue weighted by atomic mass is 10.0. The standard InChI is InChI=1S/C19H26N2O3/c1-14-18(12-21-11-5-4-6-16(21)13-22-2)20-19(24-14)15-7-9-17(23-3)10-8-15/h7-10,16H,4-6,11-13H2,1-3H3/t16-/m1/s1. The third kappa shape index (κ3) is 3.79. The molecular formula is C19H26N2O3. The topological polar surface area (TPSA) is 47.7 Å². The number of hydrogen-bond donors (Lipinski definition) is 0. The van der Waals surface area contributed by atoms with E-state index in [1.165, 1.54) is 19.3 Å². The quantitative estimate of drug-likeness (QED) is 0.809. The molecule has 0 N–H and O–H groups in total. The van der Waals surface area contributed by atoms with Crippen molar-refractivity contribution in [2.75, 3.05) is 27.4 Å². The maximum atomic E-state index is 5.90. The lowest BCUT2D eigenvalue weighted by molar-refractivity contribution is 0.0590. The van der Waals surface area contributed by atoms with Crippen molar-refractivity contribution in [2.45, 2.75) is 38.8 Å². The molecule has 1 aromatic heterocycles. The number of oxazole rings is 1. The Bertz CT molecular complexity index is 649. The van der Waals surface area contributed by atoms with Gasteiger partial charge >= 0.3 is 0 Å². The molecule has 0 bridgehead atoms. The zero-order chi connectivity index (χ0) is 16.9. The van der Waals surface area contributed by atoms with Crippen LogP contribution in [-0.4, -0.2) is 43.3 Å². The molecule has 1 aliphatic rings. The number of piperidine rings is 1. The maximum absolute atomic E-state index is 5.90. The number of aryl methyl sites for hydroxylation is 1. The minimum absolute atomic E-state index is 0.476. The fourth-order valence-electron chi connectivity index (χ4n) is 3.27. The third-order valence-corrected chi connectivity index (χ3v) is 4.69. The highest BCUT2D eigenvalue weighted by molar-refractivity contribution is 5.55. The van der Waals surface area contributed by atoms with Gasteiger partial charge in [-0.3, -0.25) is 4.90 Å². The van der Waals surface area contributed by atoms with Gasteiger partial charge in [-0.25, -0.2) is 4.98 Å². The van der Waals surface area contributed by atoms with E-state index in [2.05, 4.69) is 4.90 Å². The molecule has 1 aromatic carbocycles. The smallest absolute Gasteiger partial charge is 0.226 e. The van der Waals surface area contributed by atoms with Crippen molar-refractivity contribution in [3.05, 3.63) is 35.7 Å². The molecule has 24 heavy (non-hydrogen) atoms. The number of hydrogen-bond acceptors (Lipinski definition) is 5. The highest BCUT2D eigenvalue weighted by atomic mass is 16.5. The molecule has 130 valence electrons. The second-order valence-electron chi connectivity index (χ2n) is 6.33. The largest absolute Gasteiger partial charge is 0.497 e. The van der Waals surface area contributed by atoms with Gasteiger partial charge in [-0.05, 0) is 50.6 Å². The number of benzene rings is 1.